The molecule has 2 aliphatic heterocycles. The first kappa shape index (κ1) is 7.00. The second-order valence-electron chi connectivity index (χ2n) is 2.52. The molecule has 0 atom stereocenters. The smallest absolute Gasteiger partial charge is 0.261 e. The highest BCUT2D eigenvalue weighted by molar-refractivity contribution is 7.96. The van der Waals surface area contributed by atoms with Gasteiger partial charge in [-0.1, -0.05) is 0 Å². The predicted octanol–water partition coefficient (Wildman–Crippen LogP) is -0.484. The zero-order chi connectivity index (χ0) is 7.68. The Morgan fingerprint density at radius 3 is 3.09 bits per heavy atom. The van der Waals surface area contributed by atoms with Gasteiger partial charge in [-0.25, -0.2) is 0 Å². The molecule has 11 heavy (non-hydrogen) atoms. The van der Waals surface area contributed by atoms with Crippen LogP contribution in [0.3, 0.4) is 0 Å². The highest BCUT2D eigenvalue weighted by atomic mass is 32.2. The van der Waals surface area contributed by atoms with Gasteiger partial charge in [0.25, 0.3) is 5.91 Å². The topological polar surface area (TPSA) is 53.2 Å². The van der Waals surface area contributed by atoms with E-state index in [4.69, 9.17) is 0 Å². The third kappa shape index (κ3) is 1.21. The summed E-state index contributed by atoms with van der Waals surface area (Å²) >= 11 is 1.25. The molecule has 5 heteroatoms. The maximum atomic E-state index is 11.2. The second-order valence-corrected chi connectivity index (χ2v) is 3.13. The molecule has 0 fully saturated rings. The first-order valence-corrected chi connectivity index (χ1v) is 4.34. The molecule has 60 valence electrons. The molecule has 2 rings (SSSR count). The molecule has 0 aromatic heterocycles. The van der Waals surface area contributed by atoms with E-state index >= 15 is 0 Å². The Kier molecular flexibility index (Phi) is 1.75. The Labute approximate surface area is 69.1 Å². The van der Waals surface area contributed by atoms with E-state index < -0.39 is 0 Å². The van der Waals surface area contributed by atoms with E-state index in [9.17, 15) is 4.79 Å². The van der Waals surface area contributed by atoms with Crippen molar-refractivity contribution < 1.29 is 4.79 Å². The molecule has 3 N–H and O–H groups in total. The summed E-state index contributed by atoms with van der Waals surface area (Å²) in [7, 11) is 0. The van der Waals surface area contributed by atoms with Gasteiger partial charge in [0, 0.05) is 25.2 Å². The van der Waals surface area contributed by atoms with Crippen molar-refractivity contribution in [1.82, 2.24) is 14.8 Å². The first-order chi connectivity index (χ1) is 5.38. The van der Waals surface area contributed by atoms with E-state index in [1.54, 1.807) is 0 Å². The summed E-state index contributed by atoms with van der Waals surface area (Å²) in [4.78, 5) is 11.2. The zero-order valence-corrected chi connectivity index (χ0v) is 6.75. The van der Waals surface area contributed by atoms with E-state index in [0.29, 0.717) is 6.54 Å². The van der Waals surface area contributed by atoms with E-state index in [1.165, 1.54) is 12.1 Å². The summed E-state index contributed by atoms with van der Waals surface area (Å²) in [5.74, 6) is 0.0379. The van der Waals surface area contributed by atoms with E-state index in [-0.39, 0.29) is 5.91 Å². The minimum atomic E-state index is 0.0379. The van der Waals surface area contributed by atoms with Crippen LogP contribution in [0, 0.1) is 0 Å². The lowest BCUT2D eigenvalue weighted by atomic mass is 10.1. The Morgan fingerprint density at radius 2 is 2.27 bits per heavy atom. The van der Waals surface area contributed by atoms with E-state index in [0.717, 1.165) is 24.2 Å². The van der Waals surface area contributed by atoms with Crippen LogP contribution in [0.5, 0.6) is 0 Å². The van der Waals surface area contributed by atoms with Gasteiger partial charge in [-0.05, 0) is 0 Å². The molecule has 0 saturated carbocycles. The molecule has 0 unspecified atom stereocenters. The van der Waals surface area contributed by atoms with Gasteiger partial charge < -0.3 is 10.0 Å². The normalized spacial score (nSPS) is 23.8. The zero-order valence-electron chi connectivity index (χ0n) is 5.94. The van der Waals surface area contributed by atoms with Gasteiger partial charge in [0.05, 0.1) is 17.7 Å². The minimum Gasteiger partial charge on any atom is -0.315 e. The van der Waals surface area contributed by atoms with Gasteiger partial charge in [0.1, 0.15) is 0 Å². The molecule has 0 aliphatic carbocycles. The number of amides is 1. The fourth-order valence-corrected chi connectivity index (χ4v) is 1.82. The fraction of sp³-hybridized carbons (Fsp3) is 0.500. The highest BCUT2D eigenvalue weighted by Crippen LogP contribution is 2.16. The maximum absolute atomic E-state index is 11.2. The van der Waals surface area contributed by atoms with Crippen molar-refractivity contribution in [1.29, 1.82) is 0 Å². The summed E-state index contributed by atoms with van der Waals surface area (Å²) < 4.78 is 5.73. The van der Waals surface area contributed by atoms with Crippen LogP contribution in [-0.2, 0) is 4.79 Å². The molecule has 0 aromatic carbocycles. The second kappa shape index (κ2) is 2.75. The van der Waals surface area contributed by atoms with Crippen LogP contribution in [0.4, 0.5) is 0 Å². The first-order valence-electron chi connectivity index (χ1n) is 3.53. The summed E-state index contributed by atoms with van der Waals surface area (Å²) in [6, 6.07) is 0. The van der Waals surface area contributed by atoms with Gasteiger partial charge >= 0.3 is 0 Å². The van der Waals surface area contributed by atoms with Crippen molar-refractivity contribution in [3.8, 4) is 0 Å². The van der Waals surface area contributed by atoms with Crippen molar-refractivity contribution in [2.75, 3.05) is 13.1 Å². The monoisotopic (exact) mass is 171 g/mol. The van der Waals surface area contributed by atoms with Crippen LogP contribution >= 0.6 is 12.1 Å². The molecule has 2 heterocycles. The molecular formula is C6H9N3OS. The van der Waals surface area contributed by atoms with Crippen LogP contribution in [-0.4, -0.2) is 19.0 Å². The van der Waals surface area contributed by atoms with Crippen molar-refractivity contribution in [2.45, 2.75) is 6.42 Å². The average molecular weight is 171 g/mol. The summed E-state index contributed by atoms with van der Waals surface area (Å²) in [6.45, 7) is 1.65. The van der Waals surface area contributed by atoms with Crippen molar-refractivity contribution in [3.63, 3.8) is 0 Å². The summed E-state index contributed by atoms with van der Waals surface area (Å²) in [5.41, 5.74) is 1.94. The lowest BCUT2D eigenvalue weighted by Crippen LogP contribution is -2.39. The van der Waals surface area contributed by atoms with Crippen LogP contribution < -0.4 is 14.8 Å². The quantitative estimate of drug-likeness (QED) is 0.431. The van der Waals surface area contributed by atoms with Gasteiger partial charge in [-0.3, -0.25) is 9.52 Å². The molecular weight excluding hydrogens is 162 g/mol. The van der Waals surface area contributed by atoms with Crippen LogP contribution in [0.2, 0.25) is 0 Å². The molecule has 0 saturated heterocycles. The number of rotatable bonds is 0. The number of hydrogen-bond acceptors (Lipinski definition) is 4. The molecule has 1 amide bonds. The van der Waals surface area contributed by atoms with Crippen molar-refractivity contribution in [3.05, 3.63) is 11.3 Å². The third-order valence-corrected chi connectivity index (χ3v) is 2.45. The standard InChI is InChI=1S/C6H9N3OS/c10-6-4-3-7-2-1-5(4)8-11-9-6/h7-8H,1-3H2,(H,9,10). The Balaban J connectivity index is 2.27. The summed E-state index contributed by atoms with van der Waals surface area (Å²) in [5, 5.41) is 3.15. The Bertz CT molecular complexity index is 222. The van der Waals surface area contributed by atoms with Gasteiger partial charge in [0.2, 0.25) is 0 Å². The van der Waals surface area contributed by atoms with Crippen LogP contribution in [0.1, 0.15) is 6.42 Å². The van der Waals surface area contributed by atoms with E-state index in [1.807, 2.05) is 0 Å². The van der Waals surface area contributed by atoms with Gasteiger partial charge in [-0.15, -0.1) is 0 Å². The Hall–Kier alpha value is -0.680. The number of carbonyl (C=O) groups excluding carboxylic acids is 1. The number of hydrogen-bond donors (Lipinski definition) is 3. The molecule has 0 radical (unpaired) electrons. The van der Waals surface area contributed by atoms with Gasteiger partial charge in [0.15, 0.2) is 0 Å². The van der Waals surface area contributed by atoms with Crippen LogP contribution in [0.25, 0.3) is 0 Å². The van der Waals surface area contributed by atoms with Crippen molar-refractivity contribution in [2.24, 2.45) is 0 Å². The lowest BCUT2D eigenvalue weighted by molar-refractivity contribution is -0.116. The Morgan fingerprint density at radius 1 is 1.36 bits per heavy atom. The number of carbonyl (C=O) groups is 1. The molecule has 0 aromatic rings. The van der Waals surface area contributed by atoms with E-state index in [2.05, 4.69) is 14.8 Å². The maximum Gasteiger partial charge on any atom is 0.261 e. The molecule has 0 bridgehead atoms. The fourth-order valence-electron chi connectivity index (χ4n) is 1.21. The third-order valence-electron chi connectivity index (χ3n) is 1.81. The van der Waals surface area contributed by atoms with Crippen molar-refractivity contribution >= 4 is 18.0 Å². The largest absolute Gasteiger partial charge is 0.315 e. The molecule has 0 spiro atoms. The average Bonchev–Trinajstić information content (AvgIpc) is 2.06. The highest BCUT2D eigenvalue weighted by Gasteiger charge is 2.22. The summed E-state index contributed by atoms with van der Waals surface area (Å²) in [6.07, 6.45) is 0.926. The van der Waals surface area contributed by atoms with Gasteiger partial charge in [-0.2, -0.15) is 0 Å². The lowest BCUT2D eigenvalue weighted by Gasteiger charge is -2.24. The molecule has 4 nitrogen and oxygen atoms in total. The molecule has 2 aliphatic rings. The minimum absolute atomic E-state index is 0.0379. The SMILES string of the molecule is O=C1NSNC2=C1CNCC2. The predicted molar refractivity (Wildman–Crippen MR) is 43.4 cm³/mol. The number of nitrogens with one attached hydrogen (secondary N) is 3. The van der Waals surface area contributed by atoms with Crippen LogP contribution in [0.15, 0.2) is 11.3 Å².